The Bertz CT molecular complexity index is 955. The van der Waals surface area contributed by atoms with E-state index in [0.717, 1.165) is 42.6 Å². The van der Waals surface area contributed by atoms with Crippen molar-refractivity contribution in [2.24, 2.45) is 0 Å². The van der Waals surface area contributed by atoms with Gasteiger partial charge in [0.15, 0.2) is 0 Å². The molecular formula is C23H26N4O. The average molecular weight is 374 g/mol. The maximum absolute atomic E-state index is 5.21. The molecular weight excluding hydrogens is 348 g/mol. The molecule has 1 unspecified atom stereocenters. The molecule has 0 saturated carbocycles. The smallest absolute Gasteiger partial charge is 0.232 e. The normalized spacial score (nSPS) is 15.4. The molecule has 0 fully saturated rings. The Morgan fingerprint density at radius 2 is 1.89 bits per heavy atom. The van der Waals surface area contributed by atoms with Gasteiger partial charge in [0.25, 0.3) is 0 Å². The molecule has 0 amide bonds. The fourth-order valence-corrected chi connectivity index (χ4v) is 3.75. The highest BCUT2D eigenvalue weighted by molar-refractivity contribution is 5.67. The summed E-state index contributed by atoms with van der Waals surface area (Å²) in [5.74, 6) is 2.52. The number of aryl methyl sites for hydroxylation is 1. The molecule has 0 radical (unpaired) electrons. The molecule has 144 valence electrons. The quantitative estimate of drug-likeness (QED) is 0.687. The number of para-hydroxylation sites is 1. The van der Waals surface area contributed by atoms with E-state index in [4.69, 9.17) is 14.7 Å². The molecule has 4 rings (SSSR count). The highest BCUT2D eigenvalue weighted by Crippen LogP contribution is 2.36. The predicted molar refractivity (Wildman–Crippen MR) is 114 cm³/mol. The number of ether oxygens (including phenoxy) is 1. The largest absolute Gasteiger partial charge is 0.497 e. The molecule has 0 saturated heterocycles. The fourth-order valence-electron chi connectivity index (χ4n) is 3.75. The molecule has 2 aromatic carbocycles. The Kier molecular flexibility index (Phi) is 5.15. The molecule has 1 N–H and O–H groups in total. The van der Waals surface area contributed by atoms with Crippen LogP contribution in [0.15, 0.2) is 54.6 Å². The van der Waals surface area contributed by atoms with Gasteiger partial charge in [-0.15, -0.1) is 0 Å². The molecule has 1 aliphatic rings. The van der Waals surface area contributed by atoms with Crippen molar-refractivity contribution in [3.8, 4) is 5.75 Å². The van der Waals surface area contributed by atoms with Crippen molar-refractivity contribution in [1.82, 2.24) is 9.97 Å². The highest BCUT2D eigenvalue weighted by atomic mass is 16.5. The molecule has 3 aromatic rings. The summed E-state index contributed by atoms with van der Waals surface area (Å²) in [6, 6.07) is 19.1. The second kappa shape index (κ2) is 7.89. The van der Waals surface area contributed by atoms with Crippen molar-refractivity contribution < 1.29 is 4.74 Å². The molecule has 5 nitrogen and oxygen atoms in total. The van der Waals surface area contributed by atoms with Gasteiger partial charge in [-0.1, -0.05) is 30.3 Å². The average Bonchev–Trinajstić information content (AvgIpc) is 3.04. The molecule has 0 aliphatic carbocycles. The number of nitrogens with one attached hydrogen (secondary N) is 1. The summed E-state index contributed by atoms with van der Waals surface area (Å²) in [7, 11) is 1.69. The number of methoxy groups -OCH3 is 1. The summed E-state index contributed by atoms with van der Waals surface area (Å²) >= 11 is 0. The van der Waals surface area contributed by atoms with Crippen LogP contribution in [0, 0.1) is 6.92 Å². The number of rotatable bonds is 6. The van der Waals surface area contributed by atoms with Gasteiger partial charge in [-0.25, -0.2) is 4.98 Å². The van der Waals surface area contributed by atoms with Crippen molar-refractivity contribution in [3.63, 3.8) is 0 Å². The number of fused-ring (bicyclic) bond motifs is 1. The minimum absolute atomic E-state index is 0.353. The first kappa shape index (κ1) is 18.3. The van der Waals surface area contributed by atoms with E-state index >= 15 is 0 Å². The first-order chi connectivity index (χ1) is 13.6. The van der Waals surface area contributed by atoms with E-state index in [1.807, 2.05) is 25.1 Å². The van der Waals surface area contributed by atoms with Crippen molar-refractivity contribution >= 4 is 17.5 Å². The summed E-state index contributed by atoms with van der Waals surface area (Å²) in [6.45, 7) is 5.06. The van der Waals surface area contributed by atoms with Crippen LogP contribution in [0.1, 0.15) is 23.7 Å². The second-order valence-electron chi connectivity index (χ2n) is 7.27. The summed E-state index contributed by atoms with van der Waals surface area (Å²) in [5, 5.41) is 3.46. The summed E-state index contributed by atoms with van der Waals surface area (Å²) < 4.78 is 5.21. The van der Waals surface area contributed by atoms with Gasteiger partial charge in [-0.2, -0.15) is 4.98 Å². The third-order valence-electron chi connectivity index (χ3n) is 5.14. The minimum atomic E-state index is 0.353. The summed E-state index contributed by atoms with van der Waals surface area (Å²) in [6.07, 6.45) is 1.94. The van der Waals surface area contributed by atoms with Gasteiger partial charge in [0.1, 0.15) is 11.6 Å². The van der Waals surface area contributed by atoms with Gasteiger partial charge < -0.3 is 15.0 Å². The monoisotopic (exact) mass is 374 g/mol. The summed E-state index contributed by atoms with van der Waals surface area (Å²) in [4.78, 5) is 11.8. The van der Waals surface area contributed by atoms with E-state index in [2.05, 4.69) is 53.5 Å². The van der Waals surface area contributed by atoms with Crippen LogP contribution in [0.5, 0.6) is 5.75 Å². The Balaban J connectivity index is 1.48. The third-order valence-corrected chi connectivity index (χ3v) is 5.14. The highest BCUT2D eigenvalue weighted by Gasteiger charge is 2.28. The molecule has 0 bridgehead atoms. The minimum Gasteiger partial charge on any atom is -0.497 e. The molecule has 1 atom stereocenters. The molecule has 28 heavy (non-hydrogen) atoms. The fraction of sp³-hybridized carbons (Fsp3) is 0.304. The van der Waals surface area contributed by atoms with E-state index in [1.165, 1.54) is 16.8 Å². The molecule has 5 heteroatoms. The Labute approximate surface area is 166 Å². The zero-order valence-electron chi connectivity index (χ0n) is 16.6. The zero-order valence-corrected chi connectivity index (χ0v) is 16.6. The number of anilines is 3. The number of aromatic nitrogens is 2. The third kappa shape index (κ3) is 3.79. The number of hydrogen-bond acceptors (Lipinski definition) is 5. The lowest BCUT2D eigenvalue weighted by atomic mass is 10.1. The lowest BCUT2D eigenvalue weighted by Gasteiger charge is -2.23. The topological polar surface area (TPSA) is 50.3 Å². The lowest BCUT2D eigenvalue weighted by molar-refractivity contribution is 0.414. The molecule has 0 spiro atoms. The van der Waals surface area contributed by atoms with Crippen LogP contribution < -0.4 is 15.0 Å². The molecule has 2 heterocycles. The Morgan fingerprint density at radius 3 is 2.68 bits per heavy atom. The first-order valence-corrected chi connectivity index (χ1v) is 9.73. The van der Waals surface area contributed by atoms with E-state index in [0.29, 0.717) is 6.04 Å². The molecule has 1 aliphatic heterocycles. The van der Waals surface area contributed by atoms with Gasteiger partial charge in [0, 0.05) is 30.0 Å². The van der Waals surface area contributed by atoms with E-state index < -0.39 is 0 Å². The zero-order chi connectivity index (χ0) is 19.5. The van der Waals surface area contributed by atoms with Crippen molar-refractivity contribution in [2.75, 3.05) is 23.9 Å². The van der Waals surface area contributed by atoms with Crippen LogP contribution >= 0.6 is 0 Å². The van der Waals surface area contributed by atoms with Crippen LogP contribution in [0.2, 0.25) is 0 Å². The Hall–Kier alpha value is -3.08. The van der Waals surface area contributed by atoms with E-state index in [9.17, 15) is 0 Å². The van der Waals surface area contributed by atoms with Gasteiger partial charge in [0.05, 0.1) is 7.11 Å². The Morgan fingerprint density at radius 1 is 1.11 bits per heavy atom. The first-order valence-electron chi connectivity index (χ1n) is 9.73. The van der Waals surface area contributed by atoms with Crippen molar-refractivity contribution in [2.45, 2.75) is 32.7 Å². The number of benzene rings is 2. The van der Waals surface area contributed by atoms with Gasteiger partial charge in [0.2, 0.25) is 5.95 Å². The van der Waals surface area contributed by atoms with Gasteiger partial charge in [-0.05, 0) is 56.0 Å². The van der Waals surface area contributed by atoms with Crippen molar-refractivity contribution in [1.29, 1.82) is 0 Å². The second-order valence-corrected chi connectivity index (χ2v) is 7.27. The maximum Gasteiger partial charge on any atom is 0.232 e. The van der Waals surface area contributed by atoms with E-state index in [1.54, 1.807) is 7.11 Å². The van der Waals surface area contributed by atoms with Gasteiger partial charge >= 0.3 is 0 Å². The number of hydrogen-bond donors (Lipinski definition) is 1. The lowest BCUT2D eigenvalue weighted by Crippen LogP contribution is -2.26. The van der Waals surface area contributed by atoms with Gasteiger partial charge in [-0.3, -0.25) is 0 Å². The predicted octanol–water partition coefficient (Wildman–Crippen LogP) is 4.53. The number of nitrogens with zero attached hydrogens (tertiary/aromatic N) is 3. The van der Waals surface area contributed by atoms with Crippen LogP contribution in [0.3, 0.4) is 0 Å². The summed E-state index contributed by atoms with van der Waals surface area (Å²) in [5.41, 5.74) is 4.80. The van der Waals surface area contributed by atoms with Crippen LogP contribution in [0.4, 0.5) is 17.5 Å². The maximum atomic E-state index is 5.21. The van der Waals surface area contributed by atoms with Crippen LogP contribution in [-0.4, -0.2) is 29.7 Å². The van der Waals surface area contributed by atoms with Crippen molar-refractivity contribution in [3.05, 3.63) is 71.4 Å². The SMILES string of the molecule is COc1ccc(CCNc2cc(C)nc(N3c4ccccc4CC3C)n2)cc1. The van der Waals surface area contributed by atoms with E-state index in [-0.39, 0.29) is 0 Å². The van der Waals surface area contributed by atoms with Crippen LogP contribution in [0.25, 0.3) is 0 Å². The van der Waals surface area contributed by atoms with Crippen LogP contribution in [-0.2, 0) is 12.8 Å². The molecule has 1 aromatic heterocycles. The standard InChI is InChI=1S/C23H26N4O/c1-16-14-22(24-13-12-18-8-10-20(28-3)11-9-18)26-23(25-16)27-17(2)15-19-6-4-5-7-21(19)27/h4-11,14,17H,12-13,15H2,1-3H3,(H,24,25,26).